The first kappa shape index (κ1) is 17.4. The minimum absolute atomic E-state index is 0.212. The maximum absolute atomic E-state index is 12.5. The van der Waals surface area contributed by atoms with Crippen molar-refractivity contribution in [2.24, 2.45) is 11.8 Å². The van der Waals surface area contributed by atoms with Crippen LogP contribution in [0.2, 0.25) is 0 Å². The number of para-hydroxylation sites is 1. The summed E-state index contributed by atoms with van der Waals surface area (Å²) in [6.07, 6.45) is 5.06. The Morgan fingerprint density at radius 1 is 1.16 bits per heavy atom. The van der Waals surface area contributed by atoms with Gasteiger partial charge in [0.2, 0.25) is 17.7 Å². The van der Waals surface area contributed by atoms with E-state index in [1.54, 1.807) is 0 Å². The van der Waals surface area contributed by atoms with Crippen LogP contribution >= 0.6 is 0 Å². The molecule has 2 aliphatic rings. The fourth-order valence-corrected chi connectivity index (χ4v) is 3.69. The van der Waals surface area contributed by atoms with Crippen molar-refractivity contribution in [2.75, 3.05) is 11.9 Å². The molecule has 0 bridgehead atoms. The summed E-state index contributed by atoms with van der Waals surface area (Å²) in [5.74, 6) is -1.10. The smallest absolute Gasteiger partial charge is 0.244 e. The van der Waals surface area contributed by atoms with E-state index in [1.807, 2.05) is 37.3 Å². The highest BCUT2D eigenvalue weighted by molar-refractivity contribution is 6.09. The van der Waals surface area contributed by atoms with Crippen LogP contribution in [0.5, 0.6) is 0 Å². The monoisotopic (exact) mass is 340 g/mol. The molecule has 25 heavy (non-hydrogen) atoms. The van der Waals surface area contributed by atoms with Crippen molar-refractivity contribution in [1.29, 1.82) is 0 Å². The van der Waals surface area contributed by atoms with Crippen molar-refractivity contribution in [2.45, 2.75) is 39.5 Å². The second kappa shape index (κ2) is 6.82. The topological polar surface area (TPSA) is 66.5 Å². The molecule has 1 aliphatic carbocycles. The van der Waals surface area contributed by atoms with E-state index in [1.165, 1.54) is 0 Å². The van der Waals surface area contributed by atoms with Gasteiger partial charge in [-0.05, 0) is 36.8 Å². The van der Waals surface area contributed by atoms with Crippen LogP contribution in [-0.2, 0) is 14.4 Å². The summed E-state index contributed by atoms with van der Waals surface area (Å²) in [5, 5.41) is 2.91. The van der Waals surface area contributed by atoms with Gasteiger partial charge in [0, 0.05) is 5.69 Å². The van der Waals surface area contributed by atoms with Gasteiger partial charge in [0.25, 0.3) is 0 Å². The van der Waals surface area contributed by atoms with Crippen LogP contribution in [0.4, 0.5) is 5.69 Å². The number of allylic oxidation sites excluding steroid dienone is 2. The van der Waals surface area contributed by atoms with Gasteiger partial charge < -0.3 is 5.32 Å². The third-order valence-corrected chi connectivity index (χ3v) is 5.09. The van der Waals surface area contributed by atoms with Gasteiger partial charge in [-0.1, -0.05) is 44.2 Å². The van der Waals surface area contributed by atoms with E-state index in [-0.39, 0.29) is 42.0 Å². The molecule has 3 rings (SSSR count). The Balaban J connectivity index is 1.74. The zero-order valence-corrected chi connectivity index (χ0v) is 14.9. The highest BCUT2D eigenvalue weighted by atomic mass is 16.2. The average Bonchev–Trinajstić information content (AvgIpc) is 2.82. The molecular weight excluding hydrogens is 316 g/mol. The maximum Gasteiger partial charge on any atom is 0.244 e. The summed E-state index contributed by atoms with van der Waals surface area (Å²) >= 11 is 0. The summed E-state index contributed by atoms with van der Waals surface area (Å²) < 4.78 is 0. The van der Waals surface area contributed by atoms with Crippen molar-refractivity contribution >= 4 is 23.4 Å². The van der Waals surface area contributed by atoms with Crippen molar-refractivity contribution in [3.63, 3.8) is 0 Å². The summed E-state index contributed by atoms with van der Waals surface area (Å²) in [5.41, 5.74) is 2.79. The molecule has 1 aromatic rings. The van der Waals surface area contributed by atoms with Crippen molar-refractivity contribution in [3.8, 4) is 0 Å². The third-order valence-electron chi connectivity index (χ3n) is 5.09. The lowest BCUT2D eigenvalue weighted by Crippen LogP contribution is -2.38. The van der Waals surface area contributed by atoms with Gasteiger partial charge in [0.05, 0.1) is 11.8 Å². The highest BCUT2D eigenvalue weighted by Crippen LogP contribution is 2.35. The molecule has 5 heteroatoms. The third kappa shape index (κ3) is 3.23. The Hall–Kier alpha value is -2.43. The number of nitrogens with one attached hydrogen (secondary N) is 1. The van der Waals surface area contributed by atoms with Crippen molar-refractivity contribution < 1.29 is 14.4 Å². The largest absolute Gasteiger partial charge is 0.324 e. The second-order valence-electron chi connectivity index (χ2n) is 7.16. The Kier molecular flexibility index (Phi) is 4.75. The van der Waals surface area contributed by atoms with E-state index in [2.05, 4.69) is 19.2 Å². The summed E-state index contributed by atoms with van der Waals surface area (Å²) in [6.45, 7) is 5.86. The first-order valence-corrected chi connectivity index (χ1v) is 8.79. The predicted octanol–water partition coefficient (Wildman–Crippen LogP) is 3.01. The molecule has 132 valence electrons. The molecule has 0 saturated carbocycles. The molecule has 1 heterocycles. The van der Waals surface area contributed by atoms with Gasteiger partial charge >= 0.3 is 0 Å². The van der Waals surface area contributed by atoms with Crippen LogP contribution in [-0.4, -0.2) is 29.2 Å². The van der Waals surface area contributed by atoms with Crippen LogP contribution < -0.4 is 5.32 Å². The second-order valence-corrected chi connectivity index (χ2v) is 7.16. The lowest BCUT2D eigenvalue weighted by Gasteiger charge is -2.19. The number of carbonyl (C=O) groups excluding carboxylic acids is 3. The van der Waals surface area contributed by atoms with Gasteiger partial charge in [-0.15, -0.1) is 0 Å². The number of fused-ring (bicyclic) bond motifs is 1. The predicted molar refractivity (Wildman–Crippen MR) is 96.0 cm³/mol. The zero-order chi connectivity index (χ0) is 18.1. The van der Waals surface area contributed by atoms with E-state index in [4.69, 9.17) is 0 Å². The molecule has 2 atom stereocenters. The molecule has 0 spiro atoms. The standard InChI is InChI=1S/C20H24N2O3/c1-12(2)14-10-6-7-13(3)18(14)21-17(23)11-22-19(24)15-8-4-5-9-16(15)20(22)25/h4-7,10,12,15-16H,8-9,11H2,1-3H3,(H,21,23)/t15-,16+. The zero-order valence-electron chi connectivity index (χ0n) is 14.9. The quantitative estimate of drug-likeness (QED) is 0.677. The fraction of sp³-hybridized carbons (Fsp3) is 0.450. The number of likely N-dealkylation sites (tertiary alicyclic amines) is 1. The fourth-order valence-electron chi connectivity index (χ4n) is 3.69. The summed E-state index contributed by atoms with van der Waals surface area (Å²) in [6, 6.07) is 5.89. The number of benzene rings is 1. The molecule has 0 aromatic heterocycles. The SMILES string of the molecule is Cc1cccc(C(C)C)c1NC(=O)CN1C(=O)[C@H]2CC=CC[C@H]2C1=O. The number of aryl methyl sites for hydroxylation is 1. The molecule has 1 aliphatic heterocycles. The minimum Gasteiger partial charge on any atom is -0.324 e. The van der Waals surface area contributed by atoms with Crippen LogP contribution in [0.1, 0.15) is 43.7 Å². The first-order valence-electron chi connectivity index (χ1n) is 8.79. The van der Waals surface area contributed by atoms with Gasteiger partial charge in [-0.3, -0.25) is 19.3 Å². The summed E-state index contributed by atoms with van der Waals surface area (Å²) in [7, 11) is 0. The maximum atomic E-state index is 12.5. The van der Waals surface area contributed by atoms with E-state index >= 15 is 0 Å². The lowest BCUT2D eigenvalue weighted by atomic mass is 9.85. The number of carbonyl (C=O) groups is 3. The van der Waals surface area contributed by atoms with E-state index in [9.17, 15) is 14.4 Å². The van der Waals surface area contributed by atoms with Crippen LogP contribution in [0.15, 0.2) is 30.4 Å². The average molecular weight is 340 g/mol. The number of nitrogens with zero attached hydrogens (tertiary/aromatic N) is 1. The molecule has 1 saturated heterocycles. The Bertz CT molecular complexity index is 725. The Morgan fingerprint density at radius 3 is 2.32 bits per heavy atom. The Labute approximate surface area is 148 Å². The number of rotatable bonds is 4. The molecule has 0 unspecified atom stereocenters. The highest BCUT2D eigenvalue weighted by Gasteiger charge is 2.47. The van der Waals surface area contributed by atoms with Crippen LogP contribution in [0, 0.1) is 18.8 Å². The van der Waals surface area contributed by atoms with Crippen molar-refractivity contribution in [3.05, 3.63) is 41.5 Å². The van der Waals surface area contributed by atoms with Gasteiger partial charge in [0.15, 0.2) is 0 Å². The molecular formula is C20H24N2O3. The van der Waals surface area contributed by atoms with Crippen molar-refractivity contribution in [1.82, 2.24) is 4.90 Å². The number of imide groups is 1. The number of amides is 3. The van der Waals surface area contributed by atoms with E-state index < -0.39 is 0 Å². The molecule has 1 N–H and O–H groups in total. The van der Waals surface area contributed by atoms with Crippen LogP contribution in [0.3, 0.4) is 0 Å². The number of hydrogen-bond donors (Lipinski definition) is 1. The number of hydrogen-bond acceptors (Lipinski definition) is 3. The Morgan fingerprint density at radius 2 is 1.76 bits per heavy atom. The molecule has 1 fully saturated rings. The van der Waals surface area contributed by atoms with E-state index in [0.29, 0.717) is 12.8 Å². The van der Waals surface area contributed by atoms with Crippen LogP contribution in [0.25, 0.3) is 0 Å². The normalized spacial score (nSPS) is 22.5. The van der Waals surface area contributed by atoms with Gasteiger partial charge in [-0.25, -0.2) is 0 Å². The first-order chi connectivity index (χ1) is 11.9. The molecule has 5 nitrogen and oxygen atoms in total. The molecule has 0 radical (unpaired) electrons. The molecule has 1 aromatic carbocycles. The summed E-state index contributed by atoms with van der Waals surface area (Å²) in [4.78, 5) is 38.6. The van der Waals surface area contributed by atoms with Gasteiger partial charge in [-0.2, -0.15) is 0 Å². The number of anilines is 1. The minimum atomic E-state index is -0.329. The van der Waals surface area contributed by atoms with E-state index in [0.717, 1.165) is 21.7 Å². The molecule has 3 amide bonds. The lowest BCUT2D eigenvalue weighted by molar-refractivity contribution is -0.142. The van der Waals surface area contributed by atoms with Gasteiger partial charge in [0.1, 0.15) is 6.54 Å².